The van der Waals surface area contributed by atoms with Crippen molar-refractivity contribution in [3.05, 3.63) is 18.2 Å². The van der Waals surface area contributed by atoms with E-state index in [2.05, 4.69) is 6.92 Å². The molecule has 0 saturated carbocycles. The fourth-order valence-corrected chi connectivity index (χ4v) is 2.12. The molecule has 0 aliphatic heterocycles. The van der Waals surface area contributed by atoms with Gasteiger partial charge in [-0.15, -0.1) is 0 Å². The molecule has 1 rings (SSSR count). The van der Waals surface area contributed by atoms with Crippen molar-refractivity contribution in [2.75, 3.05) is 7.11 Å². The van der Waals surface area contributed by atoms with Crippen molar-refractivity contribution in [3.8, 4) is 0 Å². The highest BCUT2D eigenvalue weighted by molar-refractivity contribution is 5.83. The van der Waals surface area contributed by atoms with Crippen LogP contribution < -0.4 is 4.57 Å². The first-order valence-electron chi connectivity index (χ1n) is 6.83. The Morgan fingerprint density at radius 3 is 2.61 bits per heavy atom. The van der Waals surface area contributed by atoms with E-state index in [-0.39, 0.29) is 5.97 Å². The van der Waals surface area contributed by atoms with Crippen molar-refractivity contribution in [2.45, 2.75) is 52.0 Å². The van der Waals surface area contributed by atoms with E-state index < -0.39 is 0 Å². The maximum Gasteiger partial charge on any atom is 0.421 e. The number of hydrogen-bond acceptors (Lipinski definition) is 2. The third-order valence-corrected chi connectivity index (χ3v) is 3.20. The summed E-state index contributed by atoms with van der Waals surface area (Å²) in [5, 5.41) is 0. The van der Waals surface area contributed by atoms with Crippen molar-refractivity contribution in [1.29, 1.82) is 0 Å². The molecule has 0 N–H and O–H groups in total. The SMILES string of the molecule is CCCCCCCCn1cc[n+](C)c1C(=O)OC. The highest BCUT2D eigenvalue weighted by atomic mass is 16.5. The van der Waals surface area contributed by atoms with Gasteiger partial charge in [0.25, 0.3) is 0 Å². The number of esters is 1. The van der Waals surface area contributed by atoms with E-state index in [4.69, 9.17) is 4.74 Å². The van der Waals surface area contributed by atoms with Crippen LogP contribution in [0.3, 0.4) is 0 Å². The number of hydrogen-bond donors (Lipinski definition) is 0. The summed E-state index contributed by atoms with van der Waals surface area (Å²) in [7, 11) is 3.29. The molecule has 0 saturated heterocycles. The monoisotopic (exact) mass is 253 g/mol. The Morgan fingerprint density at radius 1 is 1.28 bits per heavy atom. The number of ether oxygens (including phenoxy) is 1. The minimum Gasteiger partial charge on any atom is -0.460 e. The lowest BCUT2D eigenvalue weighted by Crippen LogP contribution is -2.35. The van der Waals surface area contributed by atoms with Crippen LogP contribution in [0.2, 0.25) is 0 Å². The van der Waals surface area contributed by atoms with Gasteiger partial charge in [-0.3, -0.25) is 0 Å². The van der Waals surface area contributed by atoms with Crippen LogP contribution in [0.5, 0.6) is 0 Å². The largest absolute Gasteiger partial charge is 0.460 e. The predicted molar refractivity (Wildman–Crippen MR) is 70.3 cm³/mol. The smallest absolute Gasteiger partial charge is 0.421 e. The van der Waals surface area contributed by atoms with Gasteiger partial charge in [-0.2, -0.15) is 0 Å². The summed E-state index contributed by atoms with van der Waals surface area (Å²) >= 11 is 0. The van der Waals surface area contributed by atoms with Gasteiger partial charge < -0.3 is 4.74 Å². The Labute approximate surface area is 110 Å². The number of carbonyl (C=O) groups is 1. The van der Waals surface area contributed by atoms with Gasteiger partial charge in [-0.05, 0) is 12.8 Å². The molecule has 4 heteroatoms. The maximum absolute atomic E-state index is 11.6. The summed E-state index contributed by atoms with van der Waals surface area (Å²) in [5.41, 5.74) is 0. The van der Waals surface area contributed by atoms with Crippen LogP contribution in [-0.4, -0.2) is 17.6 Å². The van der Waals surface area contributed by atoms with E-state index in [0.717, 1.165) is 13.0 Å². The second kappa shape index (κ2) is 7.90. The molecule has 1 aromatic rings. The molecular weight excluding hydrogens is 228 g/mol. The number of imidazole rings is 1. The van der Waals surface area contributed by atoms with E-state index in [1.807, 2.05) is 28.6 Å². The second-order valence-electron chi connectivity index (χ2n) is 4.69. The topological polar surface area (TPSA) is 35.1 Å². The van der Waals surface area contributed by atoms with Crippen LogP contribution in [-0.2, 0) is 18.3 Å². The van der Waals surface area contributed by atoms with Gasteiger partial charge in [0, 0.05) is 0 Å². The first-order valence-corrected chi connectivity index (χ1v) is 6.83. The van der Waals surface area contributed by atoms with Crippen molar-refractivity contribution >= 4 is 5.97 Å². The normalized spacial score (nSPS) is 10.6. The summed E-state index contributed by atoms with van der Waals surface area (Å²) in [4.78, 5) is 11.6. The molecule has 0 fully saturated rings. The molecule has 4 nitrogen and oxygen atoms in total. The third-order valence-electron chi connectivity index (χ3n) is 3.20. The standard InChI is InChI=1S/C14H25N2O2/c1-4-5-6-7-8-9-10-16-12-11-15(2)13(16)14(17)18-3/h11-12H,4-10H2,1-3H3/q+1. The Kier molecular flexibility index (Phi) is 6.47. The Morgan fingerprint density at radius 2 is 1.94 bits per heavy atom. The van der Waals surface area contributed by atoms with E-state index >= 15 is 0 Å². The van der Waals surface area contributed by atoms with Gasteiger partial charge in [0.15, 0.2) is 0 Å². The molecule has 0 radical (unpaired) electrons. The number of unbranched alkanes of at least 4 members (excludes halogenated alkanes) is 5. The van der Waals surface area contributed by atoms with Crippen molar-refractivity contribution in [1.82, 2.24) is 4.57 Å². The van der Waals surface area contributed by atoms with Crippen molar-refractivity contribution in [2.24, 2.45) is 7.05 Å². The Balaban J connectivity index is 2.40. The molecule has 1 heterocycles. The maximum atomic E-state index is 11.6. The van der Waals surface area contributed by atoms with E-state index in [0.29, 0.717) is 5.82 Å². The third kappa shape index (κ3) is 4.17. The zero-order chi connectivity index (χ0) is 13.4. The van der Waals surface area contributed by atoms with E-state index in [1.165, 1.54) is 39.2 Å². The highest BCUT2D eigenvalue weighted by Gasteiger charge is 2.23. The predicted octanol–water partition coefficient (Wildman–Crippen LogP) is 2.46. The minimum atomic E-state index is -0.270. The molecule has 18 heavy (non-hydrogen) atoms. The van der Waals surface area contributed by atoms with Crippen LogP contribution >= 0.6 is 0 Å². The number of aryl methyl sites for hydroxylation is 2. The summed E-state index contributed by atoms with van der Waals surface area (Å²) in [6.07, 6.45) is 11.4. The zero-order valence-electron chi connectivity index (χ0n) is 11.8. The summed E-state index contributed by atoms with van der Waals surface area (Å²) in [5.74, 6) is 0.347. The van der Waals surface area contributed by atoms with Crippen LogP contribution in [0.15, 0.2) is 12.4 Å². The molecule has 1 aromatic heterocycles. The zero-order valence-corrected chi connectivity index (χ0v) is 11.8. The van der Waals surface area contributed by atoms with Crippen LogP contribution in [0.4, 0.5) is 0 Å². The van der Waals surface area contributed by atoms with Crippen LogP contribution in [0.1, 0.15) is 56.1 Å². The summed E-state index contributed by atoms with van der Waals surface area (Å²) < 4.78 is 8.58. The summed E-state index contributed by atoms with van der Waals surface area (Å²) in [6, 6.07) is 0. The van der Waals surface area contributed by atoms with Crippen LogP contribution in [0, 0.1) is 0 Å². The molecule has 0 unspecified atom stereocenters. The van der Waals surface area contributed by atoms with Gasteiger partial charge >= 0.3 is 11.8 Å². The number of nitrogens with zero attached hydrogens (tertiary/aromatic N) is 2. The van der Waals surface area contributed by atoms with Gasteiger partial charge in [0.05, 0.1) is 20.7 Å². The lowest BCUT2D eigenvalue weighted by atomic mass is 10.1. The molecule has 0 bridgehead atoms. The Bertz CT molecular complexity index is 372. The fraction of sp³-hybridized carbons (Fsp3) is 0.714. The number of aromatic nitrogens is 2. The summed E-state index contributed by atoms with van der Waals surface area (Å²) in [6.45, 7) is 3.11. The lowest BCUT2D eigenvalue weighted by Gasteiger charge is -2.02. The fourth-order valence-electron chi connectivity index (χ4n) is 2.12. The van der Waals surface area contributed by atoms with E-state index in [1.54, 1.807) is 0 Å². The van der Waals surface area contributed by atoms with Crippen molar-refractivity contribution < 1.29 is 14.1 Å². The van der Waals surface area contributed by atoms with Gasteiger partial charge in [-0.1, -0.05) is 32.6 Å². The van der Waals surface area contributed by atoms with E-state index in [9.17, 15) is 4.79 Å². The van der Waals surface area contributed by atoms with Gasteiger partial charge in [-0.25, -0.2) is 13.9 Å². The van der Waals surface area contributed by atoms with Crippen molar-refractivity contribution in [3.63, 3.8) is 0 Å². The van der Waals surface area contributed by atoms with Gasteiger partial charge in [0.2, 0.25) is 0 Å². The molecule has 0 amide bonds. The first-order chi connectivity index (χ1) is 8.70. The van der Waals surface area contributed by atoms with Crippen LogP contribution in [0.25, 0.3) is 0 Å². The number of rotatable bonds is 8. The molecule has 0 aromatic carbocycles. The molecule has 0 aliphatic rings. The highest BCUT2D eigenvalue weighted by Crippen LogP contribution is 2.07. The molecule has 0 spiro atoms. The number of carbonyl (C=O) groups excluding carboxylic acids is 1. The average molecular weight is 253 g/mol. The Hall–Kier alpha value is -1.32. The molecule has 0 aliphatic carbocycles. The quantitative estimate of drug-likeness (QED) is 0.405. The molecular formula is C14H25N2O2+. The minimum absolute atomic E-state index is 0.270. The average Bonchev–Trinajstić information content (AvgIpc) is 2.74. The molecule has 102 valence electrons. The number of methoxy groups -OCH3 is 1. The lowest BCUT2D eigenvalue weighted by molar-refractivity contribution is -0.673. The second-order valence-corrected chi connectivity index (χ2v) is 4.69. The first kappa shape index (κ1) is 14.7. The van der Waals surface area contributed by atoms with Gasteiger partial charge in [0.1, 0.15) is 12.4 Å². The molecule has 0 atom stereocenters.